The van der Waals surface area contributed by atoms with Crippen molar-refractivity contribution in [1.29, 1.82) is 0 Å². The molecule has 67 heavy (non-hydrogen) atoms. The lowest BCUT2D eigenvalue weighted by atomic mass is 10.0. The largest absolute Gasteiger partial charge is 0.481 e. The van der Waals surface area contributed by atoms with E-state index in [0.717, 1.165) is 6.92 Å². The predicted molar refractivity (Wildman–Crippen MR) is 243 cm³/mol. The number of hydrogen-bond donors (Lipinski definition) is 15. The standard InChI is InChI=1S/C42H65N11O13S/c1-22(2)15-26(44)35(58)47-28(12-13-33(56)57)37(60)49-29(16-24-9-5-4-6-10-24)38(61)48-27(11-7-8-14-43)36(59)50-30(17-25-18-45-21-46-25)39(62)51-31(19-54)40(63)53-34(23(3)55)41(64)52-32(20-67)42(65)66/h4-6,9-10,18,21-23,26-32,34,54-55,67H,7-8,11-17,19-20,43-44H2,1-3H3,(H,45,46)(H,47,58)(H,48,61)(H,49,60)(H,50,59)(H,51,62)(H,52,64)(H,53,63)(H,56,57)(H,65,66)/t23-,26+,27+,28+,29+,30+,31+,32+,34+/m1/s1. The molecule has 2 aromatic rings. The van der Waals surface area contributed by atoms with Crippen LogP contribution in [-0.4, -0.2) is 157 Å². The van der Waals surface area contributed by atoms with Crippen LogP contribution in [0.3, 0.4) is 0 Å². The summed E-state index contributed by atoms with van der Waals surface area (Å²) in [5, 5.41) is 56.0. The molecule has 372 valence electrons. The molecular weight excluding hydrogens is 899 g/mol. The third kappa shape index (κ3) is 20.5. The topological polar surface area (TPSA) is 399 Å². The van der Waals surface area contributed by atoms with Gasteiger partial charge in [-0.25, -0.2) is 9.78 Å². The molecule has 0 fully saturated rings. The molecule has 0 spiro atoms. The van der Waals surface area contributed by atoms with Crippen LogP contribution in [0.5, 0.6) is 0 Å². The van der Waals surface area contributed by atoms with Crippen LogP contribution >= 0.6 is 12.6 Å². The molecule has 25 heteroatoms. The van der Waals surface area contributed by atoms with Gasteiger partial charge in [0.25, 0.3) is 0 Å². The highest BCUT2D eigenvalue weighted by atomic mass is 32.1. The van der Waals surface area contributed by atoms with Crippen LogP contribution in [0.15, 0.2) is 42.9 Å². The number of carboxylic acids is 2. The maximum atomic E-state index is 14.2. The average molecular weight is 964 g/mol. The molecule has 16 N–H and O–H groups in total. The molecule has 0 aliphatic rings. The van der Waals surface area contributed by atoms with E-state index in [1.165, 1.54) is 12.5 Å². The number of nitrogens with two attached hydrogens (primary N) is 2. The molecule has 0 bridgehead atoms. The second-order valence-electron chi connectivity index (χ2n) is 16.2. The van der Waals surface area contributed by atoms with Crippen molar-refractivity contribution in [2.24, 2.45) is 17.4 Å². The Kier molecular flexibility index (Phi) is 25.1. The normalized spacial score (nSPS) is 15.2. The lowest BCUT2D eigenvalue weighted by molar-refractivity contribution is -0.142. The first-order valence-corrected chi connectivity index (χ1v) is 22.3. The van der Waals surface area contributed by atoms with Crippen LogP contribution in [0, 0.1) is 5.92 Å². The number of aliphatic carboxylic acids is 2. The first-order valence-electron chi connectivity index (χ1n) is 21.6. The van der Waals surface area contributed by atoms with Crippen molar-refractivity contribution < 1.29 is 63.6 Å². The zero-order chi connectivity index (χ0) is 50.2. The predicted octanol–water partition coefficient (Wildman–Crippen LogP) is -3.66. The number of carboxylic acid groups (broad SMARTS) is 2. The first kappa shape index (κ1) is 57.0. The highest BCUT2D eigenvalue weighted by molar-refractivity contribution is 7.80. The van der Waals surface area contributed by atoms with Gasteiger partial charge in [-0.15, -0.1) is 0 Å². The number of aliphatic hydroxyl groups excluding tert-OH is 2. The first-order chi connectivity index (χ1) is 31.7. The van der Waals surface area contributed by atoms with E-state index >= 15 is 0 Å². The van der Waals surface area contributed by atoms with Gasteiger partial charge in [-0.05, 0) is 57.1 Å². The summed E-state index contributed by atoms with van der Waals surface area (Å²) < 4.78 is 0. The van der Waals surface area contributed by atoms with Crippen molar-refractivity contribution in [3.05, 3.63) is 54.1 Å². The summed E-state index contributed by atoms with van der Waals surface area (Å²) in [6.07, 6.45) is 0.788. The number of thiol groups is 1. The summed E-state index contributed by atoms with van der Waals surface area (Å²) in [5.74, 6) is -9.63. The molecule has 0 saturated carbocycles. The van der Waals surface area contributed by atoms with Crippen LogP contribution in [0.4, 0.5) is 0 Å². The number of carbonyl (C=O) groups excluding carboxylic acids is 7. The van der Waals surface area contributed by atoms with Crippen molar-refractivity contribution in [2.75, 3.05) is 18.9 Å². The zero-order valence-corrected chi connectivity index (χ0v) is 38.5. The Balaban J connectivity index is 2.43. The van der Waals surface area contributed by atoms with E-state index < -0.39 is 121 Å². The number of H-pyrrole nitrogens is 1. The Morgan fingerprint density at radius 1 is 0.687 bits per heavy atom. The minimum Gasteiger partial charge on any atom is -0.481 e. The number of aromatic nitrogens is 2. The number of amides is 7. The van der Waals surface area contributed by atoms with Gasteiger partial charge in [0.15, 0.2) is 0 Å². The van der Waals surface area contributed by atoms with E-state index in [2.05, 4.69) is 59.8 Å². The maximum Gasteiger partial charge on any atom is 0.327 e. The Bertz CT molecular complexity index is 1940. The van der Waals surface area contributed by atoms with E-state index in [1.807, 2.05) is 13.8 Å². The lowest BCUT2D eigenvalue weighted by Gasteiger charge is -2.28. The van der Waals surface area contributed by atoms with E-state index in [1.54, 1.807) is 30.3 Å². The number of aliphatic hydroxyl groups is 2. The zero-order valence-electron chi connectivity index (χ0n) is 37.6. The molecular formula is C42H65N11O13S. The Morgan fingerprint density at radius 2 is 1.21 bits per heavy atom. The van der Waals surface area contributed by atoms with Crippen molar-refractivity contribution in [2.45, 2.75) is 127 Å². The fourth-order valence-corrected chi connectivity index (χ4v) is 6.71. The number of aromatic amines is 1. The highest BCUT2D eigenvalue weighted by Gasteiger charge is 2.35. The van der Waals surface area contributed by atoms with Gasteiger partial charge < -0.3 is 74.1 Å². The van der Waals surface area contributed by atoms with Crippen LogP contribution in [0.2, 0.25) is 0 Å². The lowest BCUT2D eigenvalue weighted by Crippen LogP contribution is -2.62. The van der Waals surface area contributed by atoms with Crippen LogP contribution in [0.25, 0.3) is 0 Å². The van der Waals surface area contributed by atoms with Gasteiger partial charge in [0.05, 0.1) is 25.1 Å². The Labute approximate surface area is 392 Å². The van der Waals surface area contributed by atoms with Crippen molar-refractivity contribution in [3.63, 3.8) is 0 Å². The summed E-state index contributed by atoms with van der Waals surface area (Å²) in [6, 6.07) is -3.24. The second-order valence-corrected chi connectivity index (χ2v) is 16.6. The average Bonchev–Trinajstić information content (AvgIpc) is 3.79. The maximum absolute atomic E-state index is 14.2. The molecule has 1 aromatic carbocycles. The number of hydrogen-bond acceptors (Lipinski definition) is 15. The monoisotopic (exact) mass is 963 g/mol. The highest BCUT2D eigenvalue weighted by Crippen LogP contribution is 2.11. The summed E-state index contributed by atoms with van der Waals surface area (Å²) >= 11 is 3.87. The quantitative estimate of drug-likeness (QED) is 0.0256. The van der Waals surface area contributed by atoms with Crippen molar-refractivity contribution >= 4 is 65.9 Å². The van der Waals surface area contributed by atoms with E-state index in [-0.39, 0.29) is 50.3 Å². The van der Waals surface area contributed by atoms with Gasteiger partial charge in [0.2, 0.25) is 41.4 Å². The Hall–Kier alpha value is -6.15. The van der Waals surface area contributed by atoms with Gasteiger partial charge in [-0.1, -0.05) is 44.2 Å². The SMILES string of the molecule is CC(C)C[C@H](N)C(=O)N[C@@H](CCC(=O)O)C(=O)N[C@@H](Cc1ccccc1)C(=O)N[C@@H](CCCCN)C(=O)N[C@@H](Cc1cnc[nH]1)C(=O)N[C@@H](CO)C(=O)N[C@H](C(=O)N[C@@H](CS)C(=O)O)[C@@H](C)O. The molecule has 0 saturated heterocycles. The molecule has 2 rings (SSSR count). The van der Waals surface area contributed by atoms with E-state index in [4.69, 9.17) is 11.5 Å². The minimum absolute atomic E-state index is 0.0232. The van der Waals surface area contributed by atoms with Crippen molar-refractivity contribution in [1.82, 2.24) is 47.2 Å². The summed E-state index contributed by atoms with van der Waals surface area (Å²) in [4.78, 5) is 125. The van der Waals surface area contributed by atoms with E-state index in [9.17, 15) is 63.6 Å². The Morgan fingerprint density at radius 3 is 1.72 bits per heavy atom. The third-order valence-electron chi connectivity index (χ3n) is 10.1. The number of unbranched alkanes of at least 4 members (excludes halogenated alkanes) is 1. The summed E-state index contributed by atoms with van der Waals surface area (Å²) in [5.41, 5.74) is 12.7. The number of carbonyl (C=O) groups is 9. The van der Waals surface area contributed by atoms with Gasteiger partial charge in [-0.3, -0.25) is 38.4 Å². The van der Waals surface area contributed by atoms with Gasteiger partial charge >= 0.3 is 11.9 Å². The molecule has 0 aliphatic heterocycles. The molecule has 0 aliphatic carbocycles. The fraction of sp³-hybridized carbons (Fsp3) is 0.571. The van der Waals surface area contributed by atoms with E-state index in [0.29, 0.717) is 24.1 Å². The molecule has 7 amide bonds. The van der Waals surface area contributed by atoms with Crippen molar-refractivity contribution in [3.8, 4) is 0 Å². The smallest absolute Gasteiger partial charge is 0.327 e. The second kappa shape index (κ2) is 29.5. The fourth-order valence-electron chi connectivity index (χ4n) is 6.47. The number of benzene rings is 1. The van der Waals surface area contributed by atoms with Gasteiger partial charge in [-0.2, -0.15) is 12.6 Å². The molecule has 0 unspecified atom stereocenters. The number of nitrogens with one attached hydrogen (secondary N) is 8. The molecule has 0 radical (unpaired) electrons. The summed E-state index contributed by atoms with van der Waals surface area (Å²) in [7, 11) is 0. The summed E-state index contributed by atoms with van der Waals surface area (Å²) in [6.45, 7) is 4.00. The number of imidazole rings is 1. The third-order valence-corrected chi connectivity index (χ3v) is 10.5. The van der Waals surface area contributed by atoms with Gasteiger partial charge in [0, 0.05) is 36.9 Å². The van der Waals surface area contributed by atoms with Crippen LogP contribution in [-0.2, 0) is 56.0 Å². The van der Waals surface area contributed by atoms with Crippen LogP contribution < -0.4 is 48.7 Å². The molecule has 24 nitrogen and oxygen atoms in total. The number of rotatable bonds is 31. The molecule has 9 atom stereocenters. The minimum atomic E-state index is -1.78. The van der Waals surface area contributed by atoms with Crippen LogP contribution in [0.1, 0.15) is 70.6 Å². The van der Waals surface area contributed by atoms with Gasteiger partial charge in [0.1, 0.15) is 42.3 Å². The molecule has 1 heterocycles. The number of nitrogens with zero attached hydrogens (tertiary/aromatic N) is 1. The molecule has 1 aromatic heterocycles.